The summed E-state index contributed by atoms with van der Waals surface area (Å²) in [6, 6.07) is 7.95. The Labute approximate surface area is 89.4 Å². The van der Waals surface area contributed by atoms with Crippen LogP contribution in [-0.4, -0.2) is 19.6 Å². The summed E-state index contributed by atoms with van der Waals surface area (Å²) in [7, 11) is 1.42. The van der Waals surface area contributed by atoms with Gasteiger partial charge in [0.05, 0.1) is 12.7 Å². The first kappa shape index (κ1) is 10.2. The maximum absolute atomic E-state index is 11.5. The van der Waals surface area contributed by atoms with Crippen molar-refractivity contribution in [1.29, 1.82) is 0 Å². The van der Waals surface area contributed by atoms with Crippen LogP contribution in [0.15, 0.2) is 24.3 Å². The molecular weight excluding hydrogens is 190 g/mol. The Kier molecular flexibility index (Phi) is 3.02. The van der Waals surface area contributed by atoms with Gasteiger partial charge in [-0.15, -0.1) is 0 Å². The lowest BCUT2D eigenvalue weighted by Crippen LogP contribution is -2.16. The number of hydrogen-bond acceptors (Lipinski definition) is 3. The Balaban J connectivity index is 2.32. The van der Waals surface area contributed by atoms with Crippen molar-refractivity contribution in [2.24, 2.45) is 0 Å². The van der Waals surface area contributed by atoms with Gasteiger partial charge in [-0.25, -0.2) is 4.79 Å². The maximum Gasteiger partial charge on any atom is 0.338 e. The van der Waals surface area contributed by atoms with Crippen LogP contribution in [-0.2, 0) is 4.74 Å². The van der Waals surface area contributed by atoms with Crippen LogP contribution < -0.4 is 5.32 Å². The van der Waals surface area contributed by atoms with Crippen LogP contribution in [0, 0.1) is 0 Å². The third-order valence-corrected chi connectivity index (χ3v) is 2.80. The van der Waals surface area contributed by atoms with Crippen LogP contribution >= 0.6 is 0 Å². The number of benzene rings is 1. The maximum atomic E-state index is 11.5. The third-order valence-electron chi connectivity index (χ3n) is 2.80. The van der Waals surface area contributed by atoms with E-state index < -0.39 is 0 Å². The lowest BCUT2D eigenvalue weighted by Gasteiger charge is -2.14. The van der Waals surface area contributed by atoms with E-state index in [0.717, 1.165) is 18.5 Å². The van der Waals surface area contributed by atoms with Gasteiger partial charge in [-0.1, -0.05) is 18.2 Å². The van der Waals surface area contributed by atoms with Crippen LogP contribution in [0.25, 0.3) is 0 Å². The minimum absolute atomic E-state index is 0.251. The Morgan fingerprint density at radius 3 is 2.93 bits per heavy atom. The minimum Gasteiger partial charge on any atom is -0.465 e. The SMILES string of the molecule is COC(=O)c1ccccc1[C@@H]1CCCN1. The Morgan fingerprint density at radius 2 is 2.27 bits per heavy atom. The molecule has 0 saturated carbocycles. The summed E-state index contributed by atoms with van der Waals surface area (Å²) < 4.78 is 4.77. The molecule has 1 atom stereocenters. The first-order valence-corrected chi connectivity index (χ1v) is 5.23. The molecule has 0 aromatic heterocycles. The highest BCUT2D eigenvalue weighted by Gasteiger charge is 2.21. The van der Waals surface area contributed by atoms with Crippen molar-refractivity contribution in [2.45, 2.75) is 18.9 Å². The van der Waals surface area contributed by atoms with E-state index in [1.807, 2.05) is 24.3 Å². The van der Waals surface area contributed by atoms with Crippen molar-refractivity contribution in [1.82, 2.24) is 5.32 Å². The smallest absolute Gasteiger partial charge is 0.338 e. The van der Waals surface area contributed by atoms with E-state index in [-0.39, 0.29) is 5.97 Å². The zero-order valence-corrected chi connectivity index (χ0v) is 8.82. The van der Waals surface area contributed by atoms with Gasteiger partial charge in [0, 0.05) is 6.04 Å². The van der Waals surface area contributed by atoms with E-state index >= 15 is 0 Å². The van der Waals surface area contributed by atoms with Gasteiger partial charge in [-0.2, -0.15) is 0 Å². The lowest BCUT2D eigenvalue weighted by atomic mass is 9.99. The van der Waals surface area contributed by atoms with E-state index in [4.69, 9.17) is 4.74 Å². The second kappa shape index (κ2) is 4.45. The second-order valence-electron chi connectivity index (χ2n) is 3.73. The number of methoxy groups -OCH3 is 1. The first-order chi connectivity index (χ1) is 7.33. The van der Waals surface area contributed by atoms with Crippen LogP contribution in [0.3, 0.4) is 0 Å². The molecule has 15 heavy (non-hydrogen) atoms. The van der Waals surface area contributed by atoms with Gasteiger partial charge in [0.25, 0.3) is 0 Å². The number of carbonyl (C=O) groups excluding carboxylic acids is 1. The molecule has 80 valence electrons. The van der Waals surface area contributed by atoms with Gasteiger partial charge in [-0.05, 0) is 31.0 Å². The molecule has 3 nitrogen and oxygen atoms in total. The minimum atomic E-state index is -0.251. The van der Waals surface area contributed by atoms with E-state index in [9.17, 15) is 4.79 Å². The fourth-order valence-electron chi connectivity index (χ4n) is 2.05. The number of nitrogens with one attached hydrogen (secondary N) is 1. The van der Waals surface area contributed by atoms with Crippen molar-refractivity contribution in [2.75, 3.05) is 13.7 Å². The summed E-state index contributed by atoms with van der Waals surface area (Å²) in [5.74, 6) is -0.251. The molecule has 1 N–H and O–H groups in total. The molecule has 0 aliphatic carbocycles. The first-order valence-electron chi connectivity index (χ1n) is 5.23. The van der Waals surface area contributed by atoms with Gasteiger partial charge in [0.2, 0.25) is 0 Å². The Hall–Kier alpha value is -1.35. The van der Waals surface area contributed by atoms with Gasteiger partial charge in [0.1, 0.15) is 0 Å². The zero-order valence-electron chi connectivity index (χ0n) is 8.82. The molecule has 0 radical (unpaired) electrons. The van der Waals surface area contributed by atoms with E-state index in [2.05, 4.69) is 5.32 Å². The quantitative estimate of drug-likeness (QED) is 0.749. The van der Waals surface area contributed by atoms with Crippen LogP contribution in [0.4, 0.5) is 0 Å². The summed E-state index contributed by atoms with van der Waals surface area (Å²) in [6.07, 6.45) is 2.26. The molecule has 1 aromatic carbocycles. The average Bonchev–Trinajstić information content (AvgIpc) is 2.81. The lowest BCUT2D eigenvalue weighted by molar-refractivity contribution is 0.0598. The molecule has 1 fully saturated rings. The second-order valence-corrected chi connectivity index (χ2v) is 3.73. The topological polar surface area (TPSA) is 38.3 Å². The number of carbonyl (C=O) groups is 1. The molecule has 1 aliphatic heterocycles. The highest BCUT2D eigenvalue weighted by molar-refractivity contribution is 5.91. The largest absolute Gasteiger partial charge is 0.465 e. The molecule has 1 aliphatic rings. The molecule has 1 heterocycles. The summed E-state index contributed by atoms with van der Waals surface area (Å²) in [4.78, 5) is 11.5. The van der Waals surface area contributed by atoms with Crippen molar-refractivity contribution in [3.8, 4) is 0 Å². The van der Waals surface area contributed by atoms with Crippen molar-refractivity contribution < 1.29 is 9.53 Å². The standard InChI is InChI=1S/C12H15NO2/c1-15-12(14)10-6-3-2-5-9(10)11-7-4-8-13-11/h2-3,5-6,11,13H,4,7-8H2,1H3/t11-/m0/s1. The monoisotopic (exact) mass is 205 g/mol. The fourth-order valence-corrected chi connectivity index (χ4v) is 2.05. The summed E-state index contributed by atoms with van der Waals surface area (Å²) >= 11 is 0. The molecule has 1 aromatic rings. The normalized spacial score (nSPS) is 20.2. The van der Waals surface area contributed by atoms with Crippen LogP contribution in [0.1, 0.15) is 34.8 Å². The van der Waals surface area contributed by atoms with E-state index in [1.54, 1.807) is 0 Å². The predicted octanol–water partition coefficient (Wildman–Crippen LogP) is 1.90. The molecule has 0 amide bonds. The molecule has 0 unspecified atom stereocenters. The number of hydrogen-bond donors (Lipinski definition) is 1. The van der Waals surface area contributed by atoms with Crippen molar-refractivity contribution in [3.63, 3.8) is 0 Å². The molecular formula is C12H15NO2. The van der Waals surface area contributed by atoms with Crippen LogP contribution in [0.2, 0.25) is 0 Å². The van der Waals surface area contributed by atoms with Crippen molar-refractivity contribution in [3.05, 3.63) is 35.4 Å². The highest BCUT2D eigenvalue weighted by Crippen LogP contribution is 2.26. The average molecular weight is 205 g/mol. The summed E-state index contributed by atoms with van der Waals surface area (Å²) in [5.41, 5.74) is 1.74. The molecule has 0 bridgehead atoms. The molecule has 3 heteroatoms. The summed E-state index contributed by atoms with van der Waals surface area (Å²) in [6.45, 7) is 1.03. The number of rotatable bonds is 2. The highest BCUT2D eigenvalue weighted by atomic mass is 16.5. The van der Waals surface area contributed by atoms with Crippen molar-refractivity contribution >= 4 is 5.97 Å². The van der Waals surface area contributed by atoms with Gasteiger partial charge >= 0.3 is 5.97 Å². The Morgan fingerprint density at radius 1 is 1.47 bits per heavy atom. The molecule has 0 spiro atoms. The van der Waals surface area contributed by atoms with E-state index in [0.29, 0.717) is 11.6 Å². The number of esters is 1. The zero-order chi connectivity index (χ0) is 10.7. The molecule has 2 rings (SSSR count). The molecule has 1 saturated heterocycles. The van der Waals surface area contributed by atoms with Gasteiger partial charge in [0.15, 0.2) is 0 Å². The third kappa shape index (κ3) is 2.02. The fraction of sp³-hybridized carbons (Fsp3) is 0.417. The Bertz CT molecular complexity index is 356. The van der Waals surface area contributed by atoms with Gasteiger partial charge in [-0.3, -0.25) is 0 Å². The van der Waals surface area contributed by atoms with Crippen LogP contribution in [0.5, 0.6) is 0 Å². The summed E-state index contributed by atoms with van der Waals surface area (Å²) in [5, 5.41) is 3.38. The van der Waals surface area contributed by atoms with E-state index in [1.165, 1.54) is 13.5 Å². The predicted molar refractivity (Wildman–Crippen MR) is 57.8 cm³/mol. The number of ether oxygens (including phenoxy) is 1. The van der Waals surface area contributed by atoms with Gasteiger partial charge < -0.3 is 10.1 Å².